The molecule has 0 saturated carbocycles. The summed E-state index contributed by atoms with van der Waals surface area (Å²) in [6.45, 7) is 6.20. The molecule has 0 bridgehead atoms. The fourth-order valence-corrected chi connectivity index (χ4v) is 3.35. The zero-order valence-corrected chi connectivity index (χ0v) is 13.6. The Morgan fingerprint density at radius 1 is 1.35 bits per heavy atom. The Morgan fingerprint density at radius 2 is 2.06 bits per heavy atom. The molecule has 0 spiro atoms. The van der Waals surface area contributed by atoms with Gasteiger partial charge >= 0.3 is 117 Å². The summed E-state index contributed by atoms with van der Waals surface area (Å²) in [5, 5.41) is 0. The summed E-state index contributed by atoms with van der Waals surface area (Å²) in [6.07, 6.45) is 2.36. The van der Waals surface area contributed by atoms with Crippen LogP contribution in [0.15, 0.2) is 18.2 Å². The molecule has 98 valence electrons. The van der Waals surface area contributed by atoms with Gasteiger partial charge in [0.15, 0.2) is 0 Å². The standard InChI is InChI=1S/C13H18O.2ClH.Ru/c1-5-6-12-7-8-13(11(4)9-12)14-10(2)3;;;/h4,7-10H,5-6H2,1-3H3;2*1H;/q;;;+2/p-2. The third-order valence-electron chi connectivity index (χ3n) is 2.16. The molecule has 0 radical (unpaired) electrons. The van der Waals surface area contributed by atoms with Gasteiger partial charge < -0.3 is 0 Å². The monoisotopic (exact) mass is 362 g/mol. The minimum absolute atomic E-state index is 0.158. The molecule has 0 atom stereocenters. The van der Waals surface area contributed by atoms with Crippen LogP contribution in [0, 0.1) is 0 Å². The van der Waals surface area contributed by atoms with E-state index in [-0.39, 0.29) is 6.10 Å². The van der Waals surface area contributed by atoms with Crippen LogP contribution in [0.1, 0.15) is 38.3 Å². The number of benzene rings is 1. The van der Waals surface area contributed by atoms with E-state index < -0.39 is 13.5 Å². The molecular weight excluding hydrogens is 344 g/mol. The Labute approximate surface area is 117 Å². The molecule has 0 fully saturated rings. The summed E-state index contributed by atoms with van der Waals surface area (Å²) >= 11 is -1.81. The van der Waals surface area contributed by atoms with Crippen molar-refractivity contribution in [3.8, 4) is 5.75 Å². The van der Waals surface area contributed by atoms with E-state index in [4.69, 9.17) is 24.1 Å². The van der Waals surface area contributed by atoms with Crippen molar-refractivity contribution in [1.29, 1.82) is 0 Å². The molecule has 0 unspecified atom stereocenters. The normalized spacial score (nSPS) is 11.5. The van der Waals surface area contributed by atoms with Gasteiger partial charge in [-0.1, -0.05) is 0 Å². The second-order valence-electron chi connectivity index (χ2n) is 4.10. The van der Waals surface area contributed by atoms with Crippen molar-refractivity contribution in [2.75, 3.05) is 0 Å². The number of halogens is 2. The third-order valence-corrected chi connectivity index (χ3v) is 4.00. The molecule has 1 nitrogen and oxygen atoms in total. The summed E-state index contributed by atoms with van der Waals surface area (Å²) in [5.74, 6) is 0.875. The average molecular weight is 362 g/mol. The Kier molecular flexibility index (Phi) is 6.69. The fourth-order valence-electron chi connectivity index (χ4n) is 1.57. The van der Waals surface area contributed by atoms with E-state index in [2.05, 4.69) is 19.1 Å². The summed E-state index contributed by atoms with van der Waals surface area (Å²) in [6, 6.07) is 6.26. The van der Waals surface area contributed by atoms with Crippen molar-refractivity contribution in [3.63, 3.8) is 0 Å². The van der Waals surface area contributed by atoms with Crippen LogP contribution in [0.4, 0.5) is 0 Å². The zero-order chi connectivity index (χ0) is 12.8. The van der Waals surface area contributed by atoms with Crippen molar-refractivity contribution in [2.24, 2.45) is 0 Å². The Balaban J connectivity index is 3.07. The van der Waals surface area contributed by atoms with Crippen LogP contribution in [-0.2, 0) is 19.9 Å². The first-order valence-electron chi connectivity index (χ1n) is 5.65. The van der Waals surface area contributed by atoms with Gasteiger partial charge in [-0.15, -0.1) is 0 Å². The predicted octanol–water partition coefficient (Wildman–Crippen LogP) is 4.50. The fraction of sp³-hybridized carbons (Fsp3) is 0.462. The molecule has 0 aromatic heterocycles. The predicted molar refractivity (Wildman–Crippen MR) is 73.1 cm³/mol. The van der Waals surface area contributed by atoms with Gasteiger partial charge in [0, 0.05) is 0 Å². The van der Waals surface area contributed by atoms with Crippen molar-refractivity contribution in [3.05, 3.63) is 29.3 Å². The van der Waals surface area contributed by atoms with E-state index in [1.165, 1.54) is 5.56 Å². The van der Waals surface area contributed by atoms with Crippen LogP contribution >= 0.6 is 19.4 Å². The van der Waals surface area contributed by atoms with Crippen LogP contribution in [0.25, 0.3) is 0 Å². The maximum absolute atomic E-state index is 5.95. The minimum atomic E-state index is -1.81. The summed E-state index contributed by atoms with van der Waals surface area (Å²) < 4.78 is 7.70. The molecular formula is C13H18Cl2ORu. The molecule has 17 heavy (non-hydrogen) atoms. The van der Waals surface area contributed by atoms with Gasteiger partial charge in [0.05, 0.1) is 0 Å². The first kappa shape index (κ1) is 15.2. The molecule has 1 aromatic rings. The SMILES string of the molecule is CCCc1ccc(OC(C)C)c([CH]=[Ru]([Cl])[Cl])c1. The number of ether oxygens (including phenoxy) is 1. The number of rotatable bonds is 5. The molecule has 1 aromatic carbocycles. The first-order valence-corrected chi connectivity index (χ1v) is 11.1. The van der Waals surface area contributed by atoms with Crippen molar-refractivity contribution in [1.82, 2.24) is 0 Å². The van der Waals surface area contributed by atoms with Crippen LogP contribution in [0.2, 0.25) is 0 Å². The van der Waals surface area contributed by atoms with E-state index >= 15 is 0 Å². The number of aryl methyl sites for hydroxylation is 1. The number of hydrogen-bond donors (Lipinski definition) is 0. The van der Waals surface area contributed by atoms with Crippen LogP contribution < -0.4 is 4.74 Å². The van der Waals surface area contributed by atoms with Crippen LogP contribution in [-0.4, -0.2) is 10.7 Å². The van der Waals surface area contributed by atoms with Crippen LogP contribution in [0.5, 0.6) is 5.75 Å². The Hall–Kier alpha value is 0.0934. The van der Waals surface area contributed by atoms with Crippen molar-refractivity contribution in [2.45, 2.75) is 39.7 Å². The average Bonchev–Trinajstić information content (AvgIpc) is 2.21. The van der Waals surface area contributed by atoms with E-state index in [0.29, 0.717) is 0 Å². The Morgan fingerprint density at radius 3 is 2.59 bits per heavy atom. The van der Waals surface area contributed by atoms with Gasteiger partial charge in [0.1, 0.15) is 0 Å². The second-order valence-corrected chi connectivity index (χ2v) is 9.82. The van der Waals surface area contributed by atoms with Gasteiger partial charge in [0.2, 0.25) is 0 Å². The first-order chi connectivity index (χ1) is 8.02. The van der Waals surface area contributed by atoms with Crippen molar-refractivity contribution < 1.29 is 18.3 Å². The molecule has 0 heterocycles. The quantitative estimate of drug-likeness (QED) is 0.701. The summed E-state index contributed by atoms with van der Waals surface area (Å²) in [4.78, 5) is 0. The summed E-state index contributed by atoms with van der Waals surface area (Å²) in [5.41, 5.74) is 2.34. The van der Waals surface area contributed by atoms with Gasteiger partial charge in [-0.2, -0.15) is 0 Å². The molecule has 0 N–H and O–H groups in total. The molecule has 0 amide bonds. The van der Waals surface area contributed by atoms with E-state index in [1.807, 2.05) is 24.5 Å². The molecule has 1 rings (SSSR count). The topological polar surface area (TPSA) is 9.23 Å². The molecule has 0 aliphatic carbocycles. The van der Waals surface area contributed by atoms with E-state index in [9.17, 15) is 0 Å². The second kappa shape index (κ2) is 7.51. The molecule has 4 heteroatoms. The van der Waals surface area contributed by atoms with Crippen molar-refractivity contribution >= 4 is 24.0 Å². The molecule has 0 aliphatic heterocycles. The van der Waals surface area contributed by atoms with Gasteiger partial charge in [0.25, 0.3) is 0 Å². The van der Waals surface area contributed by atoms with Crippen LogP contribution in [0.3, 0.4) is 0 Å². The maximum atomic E-state index is 5.95. The zero-order valence-electron chi connectivity index (χ0n) is 10.3. The van der Waals surface area contributed by atoms with Gasteiger partial charge in [-0.25, -0.2) is 0 Å². The molecule has 0 aliphatic rings. The third kappa shape index (κ3) is 5.51. The summed E-state index contributed by atoms with van der Waals surface area (Å²) in [7, 11) is 11.9. The van der Waals surface area contributed by atoms with E-state index in [0.717, 1.165) is 24.2 Å². The number of hydrogen-bond acceptors (Lipinski definition) is 1. The van der Waals surface area contributed by atoms with E-state index in [1.54, 1.807) is 0 Å². The van der Waals surface area contributed by atoms with Gasteiger partial charge in [-0.05, 0) is 0 Å². The Bertz CT molecular complexity index is 398. The molecule has 0 saturated heterocycles. The van der Waals surface area contributed by atoms with Gasteiger partial charge in [-0.3, -0.25) is 0 Å².